The topological polar surface area (TPSA) is 85.0 Å². The first-order chi connectivity index (χ1) is 15.0. The summed E-state index contributed by atoms with van der Waals surface area (Å²) in [5.41, 5.74) is 1.84. The highest BCUT2D eigenvalue weighted by molar-refractivity contribution is 6.33. The molecule has 0 spiro atoms. The smallest absolute Gasteiger partial charge is 0.282 e. The molecule has 154 valence electrons. The van der Waals surface area contributed by atoms with Crippen LogP contribution >= 0.6 is 0 Å². The highest BCUT2D eigenvalue weighted by Gasteiger charge is 2.32. The number of halogens is 1. The van der Waals surface area contributed by atoms with E-state index in [9.17, 15) is 19.3 Å². The third-order valence-corrected chi connectivity index (χ3v) is 4.70. The maximum absolute atomic E-state index is 13.4. The summed E-state index contributed by atoms with van der Waals surface area (Å²) in [6, 6.07) is 18.4. The van der Waals surface area contributed by atoms with E-state index in [4.69, 9.17) is 4.74 Å². The van der Waals surface area contributed by atoms with Crippen LogP contribution in [0.3, 0.4) is 0 Å². The van der Waals surface area contributed by atoms with Gasteiger partial charge in [-0.05, 0) is 72.3 Å². The molecule has 1 amide bonds. The van der Waals surface area contributed by atoms with Crippen molar-refractivity contribution < 1.29 is 18.8 Å². The van der Waals surface area contributed by atoms with Crippen LogP contribution in [-0.2, 0) is 4.79 Å². The third kappa shape index (κ3) is 4.04. The van der Waals surface area contributed by atoms with Crippen LogP contribution in [0.5, 0.6) is 5.75 Å². The highest BCUT2D eigenvalue weighted by Crippen LogP contribution is 2.29. The van der Waals surface area contributed by atoms with Crippen LogP contribution < -0.4 is 9.64 Å². The van der Waals surface area contributed by atoms with Crippen LogP contribution in [0.1, 0.15) is 11.1 Å². The fourth-order valence-corrected chi connectivity index (χ4v) is 3.13. The van der Waals surface area contributed by atoms with Crippen molar-refractivity contribution in [3.8, 4) is 5.75 Å². The Labute approximate surface area is 176 Å². The van der Waals surface area contributed by atoms with E-state index in [0.717, 1.165) is 0 Å². The number of benzene rings is 3. The molecule has 4 rings (SSSR count). The fourth-order valence-electron chi connectivity index (χ4n) is 3.13. The maximum Gasteiger partial charge on any atom is 0.282 e. The molecular weight excluding hydrogens is 401 g/mol. The van der Waals surface area contributed by atoms with Crippen molar-refractivity contribution in [2.75, 3.05) is 12.0 Å². The normalized spacial score (nSPS) is 14.6. The van der Waals surface area contributed by atoms with Crippen LogP contribution in [0.15, 0.2) is 83.5 Å². The Morgan fingerprint density at radius 1 is 1.00 bits per heavy atom. The Morgan fingerprint density at radius 3 is 2.23 bits per heavy atom. The predicted octanol–water partition coefficient (Wildman–Crippen LogP) is 4.58. The number of nitrogens with zero attached hydrogens (tertiary/aromatic N) is 3. The molecule has 8 heteroatoms. The van der Waals surface area contributed by atoms with Gasteiger partial charge in [-0.3, -0.25) is 19.8 Å². The summed E-state index contributed by atoms with van der Waals surface area (Å²) >= 11 is 0. The minimum absolute atomic E-state index is 0.0461. The molecule has 0 aliphatic carbocycles. The molecule has 0 atom stereocenters. The van der Waals surface area contributed by atoms with Crippen molar-refractivity contribution in [2.24, 2.45) is 4.99 Å². The van der Waals surface area contributed by atoms with Gasteiger partial charge in [0.05, 0.1) is 17.7 Å². The zero-order valence-electron chi connectivity index (χ0n) is 16.4. The van der Waals surface area contributed by atoms with Crippen molar-refractivity contribution in [2.45, 2.75) is 0 Å². The molecule has 31 heavy (non-hydrogen) atoms. The number of nitro benzene ring substituents is 1. The second-order valence-corrected chi connectivity index (χ2v) is 6.66. The zero-order valence-corrected chi connectivity index (χ0v) is 16.4. The summed E-state index contributed by atoms with van der Waals surface area (Å²) in [6.07, 6.45) is 1.55. The second-order valence-electron chi connectivity index (χ2n) is 6.66. The summed E-state index contributed by atoms with van der Waals surface area (Å²) in [6.45, 7) is 0. The molecule has 1 heterocycles. The summed E-state index contributed by atoms with van der Waals surface area (Å²) < 4.78 is 18.6. The van der Waals surface area contributed by atoms with Crippen molar-refractivity contribution >= 4 is 29.2 Å². The molecule has 7 nitrogen and oxygen atoms in total. The average Bonchev–Trinajstić information content (AvgIpc) is 3.10. The van der Waals surface area contributed by atoms with Crippen molar-refractivity contribution in [3.63, 3.8) is 0 Å². The number of non-ortho nitro benzene ring substituents is 1. The SMILES string of the molecule is COc1ccc(C2=N/C(=C/c3ccc([N+](=O)[O-])cc3)C(=O)N2c2ccc(F)cc2)cc1. The van der Waals surface area contributed by atoms with Gasteiger partial charge in [-0.25, -0.2) is 9.38 Å². The summed E-state index contributed by atoms with van der Waals surface area (Å²) in [5, 5.41) is 10.9. The molecule has 0 bridgehead atoms. The van der Waals surface area contributed by atoms with Gasteiger partial charge in [0.1, 0.15) is 23.1 Å². The number of rotatable bonds is 5. The van der Waals surface area contributed by atoms with Gasteiger partial charge in [0.25, 0.3) is 11.6 Å². The highest BCUT2D eigenvalue weighted by atomic mass is 19.1. The minimum Gasteiger partial charge on any atom is -0.497 e. The lowest BCUT2D eigenvalue weighted by atomic mass is 10.1. The number of carbonyl (C=O) groups is 1. The Balaban J connectivity index is 1.77. The molecule has 0 saturated carbocycles. The molecule has 0 aromatic heterocycles. The Hall–Kier alpha value is -4.33. The number of amides is 1. The van der Waals surface area contributed by atoms with E-state index >= 15 is 0 Å². The first-order valence-corrected chi connectivity index (χ1v) is 9.25. The Kier molecular flexibility index (Phi) is 5.28. The number of ether oxygens (including phenoxy) is 1. The van der Waals surface area contributed by atoms with E-state index < -0.39 is 16.6 Å². The lowest BCUT2D eigenvalue weighted by Crippen LogP contribution is -2.32. The van der Waals surface area contributed by atoms with E-state index in [2.05, 4.69) is 4.99 Å². The average molecular weight is 417 g/mol. The molecule has 0 radical (unpaired) electrons. The van der Waals surface area contributed by atoms with Crippen LogP contribution in [0, 0.1) is 15.9 Å². The number of amidine groups is 1. The first-order valence-electron chi connectivity index (χ1n) is 9.25. The van der Waals surface area contributed by atoms with Gasteiger partial charge >= 0.3 is 0 Å². The monoisotopic (exact) mass is 417 g/mol. The van der Waals surface area contributed by atoms with Gasteiger partial charge in [-0.1, -0.05) is 0 Å². The molecule has 0 unspecified atom stereocenters. The van der Waals surface area contributed by atoms with E-state index in [-0.39, 0.29) is 11.4 Å². The van der Waals surface area contributed by atoms with E-state index in [1.165, 1.54) is 41.3 Å². The van der Waals surface area contributed by atoms with Crippen LogP contribution in [0.25, 0.3) is 6.08 Å². The predicted molar refractivity (Wildman–Crippen MR) is 114 cm³/mol. The van der Waals surface area contributed by atoms with Crippen LogP contribution in [0.2, 0.25) is 0 Å². The minimum atomic E-state index is -0.492. The molecule has 0 N–H and O–H groups in total. The zero-order chi connectivity index (χ0) is 22.0. The number of nitro groups is 1. The van der Waals surface area contributed by atoms with E-state index in [1.54, 1.807) is 49.6 Å². The Bertz CT molecular complexity index is 1200. The maximum atomic E-state index is 13.4. The number of methoxy groups -OCH3 is 1. The van der Waals surface area contributed by atoms with Crippen LogP contribution in [-0.4, -0.2) is 23.8 Å². The number of hydrogen-bond acceptors (Lipinski definition) is 5. The molecule has 1 aliphatic heterocycles. The van der Waals surface area contributed by atoms with Gasteiger partial charge < -0.3 is 4.74 Å². The van der Waals surface area contributed by atoms with E-state index in [0.29, 0.717) is 28.4 Å². The van der Waals surface area contributed by atoms with E-state index in [1.807, 2.05) is 0 Å². The largest absolute Gasteiger partial charge is 0.497 e. The molecule has 3 aromatic rings. The van der Waals surface area contributed by atoms with Gasteiger partial charge in [0.15, 0.2) is 0 Å². The van der Waals surface area contributed by atoms with Crippen molar-refractivity contribution in [1.82, 2.24) is 0 Å². The summed E-state index contributed by atoms with van der Waals surface area (Å²) in [4.78, 5) is 29.5. The molecule has 0 saturated heterocycles. The second kappa shape index (κ2) is 8.19. The van der Waals surface area contributed by atoms with Crippen LogP contribution in [0.4, 0.5) is 15.8 Å². The number of hydrogen-bond donors (Lipinski definition) is 0. The quantitative estimate of drug-likeness (QED) is 0.346. The number of aliphatic imine (C=N–C) groups is 1. The molecule has 0 fully saturated rings. The lowest BCUT2D eigenvalue weighted by Gasteiger charge is -2.18. The number of carbonyl (C=O) groups excluding carboxylic acids is 1. The number of anilines is 1. The van der Waals surface area contributed by atoms with Gasteiger partial charge in [-0.15, -0.1) is 0 Å². The van der Waals surface area contributed by atoms with Crippen molar-refractivity contribution in [3.05, 3.63) is 106 Å². The summed E-state index contributed by atoms with van der Waals surface area (Å²) in [7, 11) is 1.56. The standard InChI is InChI=1S/C23H16FN3O4/c1-31-20-12-4-16(5-13-20)22-25-21(14-15-2-8-19(9-3-15)27(29)30)23(28)26(22)18-10-6-17(24)7-11-18/h2-14H,1H3/b21-14+. The molecular formula is C23H16FN3O4. The summed E-state index contributed by atoms with van der Waals surface area (Å²) in [5.74, 6) is 0.229. The fraction of sp³-hybridized carbons (Fsp3) is 0.0435. The lowest BCUT2D eigenvalue weighted by molar-refractivity contribution is -0.384. The van der Waals surface area contributed by atoms with Crippen molar-refractivity contribution in [1.29, 1.82) is 0 Å². The van der Waals surface area contributed by atoms with Gasteiger partial charge in [0.2, 0.25) is 0 Å². The first kappa shape index (κ1) is 20.0. The van der Waals surface area contributed by atoms with Gasteiger partial charge in [-0.2, -0.15) is 0 Å². The molecule has 1 aliphatic rings. The Morgan fingerprint density at radius 2 is 1.65 bits per heavy atom. The molecule has 3 aromatic carbocycles. The third-order valence-electron chi connectivity index (χ3n) is 4.70. The van der Waals surface area contributed by atoms with Gasteiger partial charge in [0, 0.05) is 17.7 Å².